The molecule has 1 aromatic carbocycles. The summed E-state index contributed by atoms with van der Waals surface area (Å²) in [5.41, 5.74) is 0.140. The molecule has 2 aliphatic rings. The number of nitrogens with zero attached hydrogens (tertiary/aromatic N) is 1. The Morgan fingerprint density at radius 2 is 1.94 bits per heavy atom. The highest BCUT2D eigenvalue weighted by atomic mass is 16.5. The summed E-state index contributed by atoms with van der Waals surface area (Å²) in [6.45, 7) is 7.80. The van der Waals surface area contributed by atoms with E-state index in [0.717, 1.165) is 16.9 Å². The smallest absolute Gasteiger partial charge is 0.325 e. The number of amides is 3. The number of rotatable bonds is 8. The fraction of sp³-hybridized carbons (Fsp3) is 0.625. The first-order valence-electron chi connectivity index (χ1n) is 11.0. The minimum Gasteiger partial charge on any atom is -0.491 e. The number of imide groups is 1. The highest BCUT2D eigenvalue weighted by Gasteiger charge is 2.56. The number of urea groups is 1. The van der Waals surface area contributed by atoms with Gasteiger partial charge in [-0.1, -0.05) is 32.9 Å². The summed E-state index contributed by atoms with van der Waals surface area (Å²) in [4.78, 5) is 37.9. The third kappa shape index (κ3) is 5.64. The first kappa shape index (κ1) is 23.3. The maximum Gasteiger partial charge on any atom is 0.325 e. The number of aryl methyl sites for hydroxylation is 1. The molecular formula is C24H34N2O5. The molecule has 31 heavy (non-hydrogen) atoms. The van der Waals surface area contributed by atoms with Gasteiger partial charge in [0, 0.05) is 6.42 Å². The van der Waals surface area contributed by atoms with Crippen LogP contribution in [-0.4, -0.2) is 52.5 Å². The van der Waals surface area contributed by atoms with Gasteiger partial charge in [-0.3, -0.25) is 9.69 Å². The topological polar surface area (TPSA) is 95.9 Å². The second-order valence-corrected chi connectivity index (χ2v) is 10.1. The molecule has 3 amide bonds. The van der Waals surface area contributed by atoms with Crippen molar-refractivity contribution in [1.29, 1.82) is 0 Å². The zero-order valence-electron chi connectivity index (χ0n) is 18.9. The van der Waals surface area contributed by atoms with Crippen LogP contribution in [0.1, 0.15) is 58.9 Å². The number of ether oxygens (including phenoxy) is 1. The fourth-order valence-electron chi connectivity index (χ4n) is 5.20. The van der Waals surface area contributed by atoms with Crippen molar-refractivity contribution in [2.45, 2.75) is 71.4 Å². The van der Waals surface area contributed by atoms with E-state index in [9.17, 15) is 19.5 Å². The van der Waals surface area contributed by atoms with Gasteiger partial charge in [-0.05, 0) is 61.6 Å². The molecule has 1 aliphatic heterocycles. The third-order valence-corrected chi connectivity index (χ3v) is 6.15. The largest absolute Gasteiger partial charge is 0.491 e. The van der Waals surface area contributed by atoms with Crippen molar-refractivity contribution < 1.29 is 24.2 Å². The molecule has 0 bridgehead atoms. The molecule has 1 aromatic rings. The van der Waals surface area contributed by atoms with E-state index >= 15 is 0 Å². The van der Waals surface area contributed by atoms with E-state index in [0.29, 0.717) is 37.4 Å². The Morgan fingerprint density at radius 1 is 1.26 bits per heavy atom. The van der Waals surface area contributed by atoms with Crippen LogP contribution in [0.15, 0.2) is 24.3 Å². The molecule has 1 spiro atoms. The highest BCUT2D eigenvalue weighted by molar-refractivity contribution is 6.07. The van der Waals surface area contributed by atoms with E-state index in [1.807, 2.05) is 12.1 Å². The average Bonchev–Trinajstić information content (AvgIpc) is 2.87. The minimum atomic E-state index is -0.990. The number of aliphatic hydroxyl groups excluding tert-OH is 1. The van der Waals surface area contributed by atoms with Crippen molar-refractivity contribution in [1.82, 2.24) is 10.2 Å². The lowest BCUT2D eigenvalue weighted by Crippen LogP contribution is -2.54. The lowest BCUT2D eigenvalue weighted by molar-refractivity contribution is -0.135. The first-order valence-corrected chi connectivity index (χ1v) is 11.0. The van der Waals surface area contributed by atoms with Gasteiger partial charge in [0.1, 0.15) is 29.8 Å². The monoisotopic (exact) mass is 430 g/mol. The maximum atomic E-state index is 13.1. The van der Waals surface area contributed by atoms with Gasteiger partial charge in [-0.15, -0.1) is 0 Å². The molecule has 1 aliphatic carbocycles. The van der Waals surface area contributed by atoms with Crippen molar-refractivity contribution in [2.75, 3.05) is 13.2 Å². The summed E-state index contributed by atoms with van der Waals surface area (Å²) in [5.74, 6) is 0.824. The number of aliphatic hydroxyl groups is 1. The van der Waals surface area contributed by atoms with Crippen LogP contribution in [0.2, 0.25) is 0 Å². The molecule has 1 heterocycles. The van der Waals surface area contributed by atoms with Crippen LogP contribution in [0.5, 0.6) is 5.75 Å². The predicted octanol–water partition coefficient (Wildman–Crippen LogP) is 3.08. The molecule has 1 saturated carbocycles. The molecular weight excluding hydrogens is 396 g/mol. The maximum absolute atomic E-state index is 13.1. The van der Waals surface area contributed by atoms with Gasteiger partial charge < -0.3 is 20.0 Å². The summed E-state index contributed by atoms with van der Waals surface area (Å²) in [7, 11) is 0. The van der Waals surface area contributed by atoms with Gasteiger partial charge in [0.15, 0.2) is 0 Å². The Morgan fingerprint density at radius 3 is 2.55 bits per heavy atom. The molecule has 1 saturated heterocycles. The van der Waals surface area contributed by atoms with Gasteiger partial charge in [-0.25, -0.2) is 4.79 Å². The molecule has 7 nitrogen and oxygen atoms in total. The number of hydrogen-bond donors (Lipinski definition) is 2. The molecule has 2 fully saturated rings. The van der Waals surface area contributed by atoms with Crippen LogP contribution in [0.3, 0.4) is 0 Å². The van der Waals surface area contributed by atoms with E-state index in [-0.39, 0.29) is 30.3 Å². The summed E-state index contributed by atoms with van der Waals surface area (Å²) in [6, 6.07) is 6.91. The number of nitrogens with one attached hydrogen (secondary N) is 1. The number of carbonyl (C=O) groups is 3. The fourth-order valence-corrected chi connectivity index (χ4v) is 5.20. The number of Topliss-reactive ketones (excluding diaryl/α,β-unsaturated/α-hetero) is 1. The Kier molecular flexibility index (Phi) is 6.74. The highest BCUT2D eigenvalue weighted by Crippen LogP contribution is 2.46. The van der Waals surface area contributed by atoms with E-state index < -0.39 is 17.7 Å². The quantitative estimate of drug-likeness (QED) is 0.618. The van der Waals surface area contributed by atoms with Crippen LogP contribution in [0.4, 0.5) is 4.79 Å². The van der Waals surface area contributed by atoms with Crippen LogP contribution in [0.25, 0.3) is 0 Å². The molecule has 2 N–H and O–H groups in total. The van der Waals surface area contributed by atoms with Gasteiger partial charge in [0.2, 0.25) is 0 Å². The van der Waals surface area contributed by atoms with Crippen molar-refractivity contribution >= 4 is 17.7 Å². The van der Waals surface area contributed by atoms with Gasteiger partial charge in [-0.2, -0.15) is 0 Å². The van der Waals surface area contributed by atoms with E-state index in [2.05, 4.69) is 26.1 Å². The number of benzene rings is 1. The second kappa shape index (κ2) is 8.99. The number of β-amino-alcohol motifs (C(OH)–C–C–N with tert-alkyl or cyclic N) is 1. The van der Waals surface area contributed by atoms with E-state index in [1.54, 1.807) is 19.1 Å². The number of carbonyl (C=O) groups excluding carboxylic acids is 3. The molecule has 0 aromatic heterocycles. The van der Waals surface area contributed by atoms with Crippen molar-refractivity contribution in [3.63, 3.8) is 0 Å². The van der Waals surface area contributed by atoms with Crippen LogP contribution in [-0.2, 0) is 16.0 Å². The Hall–Kier alpha value is -2.41. The summed E-state index contributed by atoms with van der Waals surface area (Å²) < 4.78 is 5.63. The predicted molar refractivity (Wildman–Crippen MR) is 117 cm³/mol. The number of hydrogen-bond acceptors (Lipinski definition) is 5. The lowest BCUT2D eigenvalue weighted by atomic mass is 9.64. The summed E-state index contributed by atoms with van der Waals surface area (Å²) >= 11 is 0. The van der Waals surface area contributed by atoms with E-state index in [4.69, 9.17) is 4.74 Å². The lowest BCUT2D eigenvalue weighted by Gasteiger charge is -2.43. The van der Waals surface area contributed by atoms with Crippen LogP contribution >= 0.6 is 0 Å². The van der Waals surface area contributed by atoms with Crippen LogP contribution < -0.4 is 10.1 Å². The molecule has 0 radical (unpaired) electrons. The number of ketones is 1. The third-order valence-electron chi connectivity index (χ3n) is 6.15. The molecule has 170 valence electrons. The molecule has 7 heteroatoms. The van der Waals surface area contributed by atoms with Crippen LogP contribution in [0, 0.1) is 11.3 Å². The Balaban J connectivity index is 1.54. The standard InChI is InChI=1S/C24H34N2O5/c1-16-11-23(3,4)15-24(12-16)21(29)26(22(30)25-24)13-19(28)14-31-20-9-7-18(8-10-20)6-5-17(2)27/h7-10,16,19,28H,5-6,11-15H2,1-4H3,(H,25,30). The molecule has 3 unspecified atom stereocenters. The SMILES string of the molecule is CC(=O)CCc1ccc(OCC(O)CN2C(=O)NC3(CC(C)CC(C)(C)C3)C2=O)cc1. The average molecular weight is 431 g/mol. The Labute approximate surface area is 184 Å². The van der Waals surface area contributed by atoms with Crippen molar-refractivity contribution in [2.24, 2.45) is 11.3 Å². The summed E-state index contributed by atoms with van der Waals surface area (Å²) in [6.07, 6.45) is 2.44. The first-order chi connectivity index (χ1) is 14.5. The van der Waals surface area contributed by atoms with Gasteiger partial charge >= 0.3 is 6.03 Å². The van der Waals surface area contributed by atoms with Crippen molar-refractivity contribution in [3.05, 3.63) is 29.8 Å². The zero-order chi connectivity index (χ0) is 22.8. The second-order valence-electron chi connectivity index (χ2n) is 10.1. The van der Waals surface area contributed by atoms with Gasteiger partial charge in [0.05, 0.1) is 6.54 Å². The summed E-state index contributed by atoms with van der Waals surface area (Å²) in [5, 5.41) is 13.3. The normalized spacial score (nSPS) is 26.1. The Bertz CT molecular complexity index is 835. The zero-order valence-corrected chi connectivity index (χ0v) is 18.9. The van der Waals surface area contributed by atoms with E-state index in [1.165, 1.54) is 0 Å². The van der Waals surface area contributed by atoms with Crippen molar-refractivity contribution in [3.8, 4) is 5.75 Å². The van der Waals surface area contributed by atoms with Gasteiger partial charge in [0.25, 0.3) is 5.91 Å². The minimum absolute atomic E-state index is 0.0290. The molecule has 3 atom stereocenters. The molecule has 3 rings (SSSR count).